The summed E-state index contributed by atoms with van der Waals surface area (Å²) in [5, 5.41) is 0. The Morgan fingerprint density at radius 2 is 1.59 bits per heavy atom. The third kappa shape index (κ3) is 3.13. The van der Waals surface area contributed by atoms with Gasteiger partial charge in [0.1, 0.15) is 0 Å². The summed E-state index contributed by atoms with van der Waals surface area (Å²) in [5.74, 6) is -3.73. The van der Waals surface area contributed by atoms with Crippen molar-refractivity contribution in [2.75, 3.05) is 13.1 Å². The minimum absolute atomic E-state index is 0.239. The van der Waals surface area contributed by atoms with Gasteiger partial charge in [0.25, 0.3) is 0 Å². The second kappa shape index (κ2) is 5.28. The molecule has 122 valence electrons. The largest absolute Gasteiger partial charge is 0.394 e. The number of carbonyl (C=O) groups excluding carboxylic acids is 2. The molecular formula is C15H19F3N2O2. The topological polar surface area (TPSA) is 63.4 Å². The van der Waals surface area contributed by atoms with E-state index in [4.69, 9.17) is 5.73 Å². The van der Waals surface area contributed by atoms with Crippen LogP contribution in [-0.4, -0.2) is 36.0 Å². The number of halogens is 3. The highest BCUT2D eigenvalue weighted by Crippen LogP contribution is 2.49. The minimum atomic E-state index is -4.52. The molecule has 0 radical (unpaired) electrons. The third-order valence-electron chi connectivity index (χ3n) is 4.81. The molecule has 0 bridgehead atoms. The fourth-order valence-electron chi connectivity index (χ4n) is 3.24. The molecule has 22 heavy (non-hydrogen) atoms. The highest BCUT2D eigenvalue weighted by atomic mass is 19.4. The third-order valence-corrected chi connectivity index (χ3v) is 4.81. The van der Waals surface area contributed by atoms with Gasteiger partial charge in [0.05, 0.1) is 11.8 Å². The molecular weight excluding hydrogens is 297 g/mol. The van der Waals surface area contributed by atoms with Crippen LogP contribution in [0.2, 0.25) is 0 Å². The summed E-state index contributed by atoms with van der Waals surface area (Å²) in [6.45, 7) is -0.716. The Kier molecular flexibility index (Phi) is 3.69. The summed E-state index contributed by atoms with van der Waals surface area (Å²) in [7, 11) is 0. The van der Waals surface area contributed by atoms with Crippen molar-refractivity contribution in [1.29, 1.82) is 0 Å². The van der Waals surface area contributed by atoms with E-state index in [9.17, 15) is 22.8 Å². The smallest absolute Gasteiger partial charge is 0.369 e. The summed E-state index contributed by atoms with van der Waals surface area (Å²) in [6, 6.07) is 0. The maximum atomic E-state index is 13.0. The summed E-state index contributed by atoms with van der Waals surface area (Å²) < 4.78 is 39.0. The maximum Gasteiger partial charge on any atom is 0.394 e. The number of primary amides is 1. The van der Waals surface area contributed by atoms with Gasteiger partial charge in [-0.1, -0.05) is 5.57 Å². The van der Waals surface area contributed by atoms with E-state index in [1.807, 2.05) is 0 Å². The fraction of sp³-hybridized carbons (Fsp3) is 0.733. The van der Waals surface area contributed by atoms with Crippen molar-refractivity contribution < 1.29 is 22.8 Å². The van der Waals surface area contributed by atoms with Gasteiger partial charge in [0.15, 0.2) is 0 Å². The number of hydrogen-bond acceptors (Lipinski definition) is 2. The molecule has 0 aromatic carbocycles. The molecule has 4 nitrogen and oxygen atoms in total. The Balaban J connectivity index is 1.73. The Bertz CT molecular complexity index is 507. The normalized spacial score (nSPS) is 28.6. The maximum absolute atomic E-state index is 13.0. The van der Waals surface area contributed by atoms with Crippen molar-refractivity contribution in [3.63, 3.8) is 0 Å². The van der Waals surface area contributed by atoms with Crippen LogP contribution in [-0.2, 0) is 9.59 Å². The molecule has 1 heterocycles. The molecule has 0 spiro atoms. The van der Waals surface area contributed by atoms with Crippen LogP contribution in [0.4, 0.5) is 13.2 Å². The molecule has 2 aliphatic carbocycles. The Labute approximate surface area is 126 Å². The lowest BCUT2D eigenvalue weighted by atomic mass is 9.95. The molecule has 2 N–H and O–H groups in total. The zero-order chi connectivity index (χ0) is 16.1. The summed E-state index contributed by atoms with van der Waals surface area (Å²) in [4.78, 5) is 24.7. The molecule has 7 heteroatoms. The van der Waals surface area contributed by atoms with E-state index in [1.165, 1.54) is 6.08 Å². The molecule has 0 aromatic rings. The van der Waals surface area contributed by atoms with E-state index >= 15 is 0 Å². The summed E-state index contributed by atoms with van der Waals surface area (Å²) in [5.41, 5.74) is 6.17. The van der Waals surface area contributed by atoms with Crippen LogP contribution in [0.1, 0.15) is 25.7 Å². The molecule has 2 saturated carbocycles. The zero-order valence-electron chi connectivity index (χ0n) is 12.1. The van der Waals surface area contributed by atoms with Crippen LogP contribution in [0.25, 0.3) is 0 Å². The lowest BCUT2D eigenvalue weighted by Gasteiger charge is -2.18. The van der Waals surface area contributed by atoms with Gasteiger partial charge < -0.3 is 10.6 Å². The predicted octanol–water partition coefficient (Wildman–Crippen LogP) is 1.85. The van der Waals surface area contributed by atoms with Crippen LogP contribution >= 0.6 is 0 Å². The Morgan fingerprint density at radius 1 is 1.05 bits per heavy atom. The van der Waals surface area contributed by atoms with E-state index < -0.39 is 36.4 Å². The summed E-state index contributed by atoms with van der Waals surface area (Å²) >= 11 is 0. The van der Waals surface area contributed by atoms with Gasteiger partial charge in [-0.05, 0) is 37.5 Å². The number of nitrogens with zero attached hydrogens (tertiary/aromatic N) is 1. The number of allylic oxidation sites excluding steroid dienone is 1. The molecule has 2 atom stereocenters. The van der Waals surface area contributed by atoms with Gasteiger partial charge in [-0.2, -0.15) is 13.2 Å². The first-order valence-electron chi connectivity index (χ1n) is 7.63. The second-order valence-corrected chi connectivity index (χ2v) is 6.59. The molecule has 0 unspecified atom stereocenters. The number of alkyl halides is 3. The zero-order valence-corrected chi connectivity index (χ0v) is 12.1. The van der Waals surface area contributed by atoms with Gasteiger partial charge in [-0.15, -0.1) is 0 Å². The second-order valence-electron chi connectivity index (χ2n) is 6.59. The Morgan fingerprint density at radius 3 is 1.95 bits per heavy atom. The standard InChI is InChI=1S/C15H19F3N2O2/c16-15(17,18)12-7-20(6-11(12)14(19)22)13(21)5-10(8-1-2-8)9-3-4-9/h5,8-9,11-12H,1-4,6-7H2,(H2,19,22)/t11-,12-/m1/s1. The molecule has 2 amide bonds. The molecule has 3 fully saturated rings. The minimum Gasteiger partial charge on any atom is -0.369 e. The molecule has 1 aliphatic heterocycles. The number of amides is 2. The quantitative estimate of drug-likeness (QED) is 0.805. The van der Waals surface area contributed by atoms with Crippen LogP contribution < -0.4 is 5.73 Å². The average Bonchev–Trinajstić information content (AvgIpc) is 3.32. The number of carbonyl (C=O) groups is 2. The van der Waals surface area contributed by atoms with Crippen molar-refractivity contribution in [2.45, 2.75) is 31.9 Å². The van der Waals surface area contributed by atoms with E-state index in [-0.39, 0.29) is 6.54 Å². The lowest BCUT2D eigenvalue weighted by Crippen LogP contribution is -2.37. The fourth-order valence-corrected chi connectivity index (χ4v) is 3.24. The first kappa shape index (κ1) is 15.4. The van der Waals surface area contributed by atoms with E-state index in [0.717, 1.165) is 36.2 Å². The van der Waals surface area contributed by atoms with Crippen LogP contribution in [0.15, 0.2) is 11.6 Å². The van der Waals surface area contributed by atoms with Gasteiger partial charge in [0.2, 0.25) is 11.8 Å². The van der Waals surface area contributed by atoms with Crippen molar-refractivity contribution in [1.82, 2.24) is 4.90 Å². The van der Waals surface area contributed by atoms with Gasteiger partial charge in [-0.25, -0.2) is 0 Å². The van der Waals surface area contributed by atoms with Crippen molar-refractivity contribution in [3.8, 4) is 0 Å². The first-order chi connectivity index (χ1) is 10.3. The van der Waals surface area contributed by atoms with E-state index in [2.05, 4.69) is 0 Å². The van der Waals surface area contributed by atoms with Gasteiger partial charge in [-0.3, -0.25) is 9.59 Å². The highest BCUT2D eigenvalue weighted by molar-refractivity contribution is 5.90. The molecule has 3 rings (SSSR count). The predicted molar refractivity (Wildman–Crippen MR) is 72.3 cm³/mol. The van der Waals surface area contributed by atoms with Crippen molar-refractivity contribution in [3.05, 3.63) is 11.6 Å². The average molecular weight is 316 g/mol. The lowest BCUT2D eigenvalue weighted by molar-refractivity contribution is -0.182. The van der Waals surface area contributed by atoms with Crippen molar-refractivity contribution >= 4 is 11.8 Å². The number of likely N-dealkylation sites (tertiary alicyclic amines) is 1. The number of hydrogen-bond donors (Lipinski definition) is 1. The first-order valence-corrected chi connectivity index (χ1v) is 7.63. The SMILES string of the molecule is NC(=O)[C@@H]1CN(C(=O)C=C(C2CC2)C2CC2)C[C@H]1C(F)(F)F. The van der Waals surface area contributed by atoms with Crippen LogP contribution in [0.3, 0.4) is 0 Å². The Hall–Kier alpha value is -1.53. The highest BCUT2D eigenvalue weighted by Gasteiger charge is 2.52. The monoisotopic (exact) mass is 316 g/mol. The number of nitrogens with two attached hydrogens (primary N) is 1. The van der Waals surface area contributed by atoms with Crippen molar-refractivity contribution in [2.24, 2.45) is 29.4 Å². The van der Waals surface area contributed by atoms with Gasteiger partial charge >= 0.3 is 6.18 Å². The molecule has 0 aromatic heterocycles. The van der Waals surface area contributed by atoms with Crippen LogP contribution in [0.5, 0.6) is 0 Å². The van der Waals surface area contributed by atoms with E-state index in [0.29, 0.717) is 11.8 Å². The summed E-state index contributed by atoms with van der Waals surface area (Å²) in [6.07, 6.45) is 1.24. The van der Waals surface area contributed by atoms with E-state index in [1.54, 1.807) is 0 Å². The molecule has 3 aliphatic rings. The molecule has 1 saturated heterocycles. The van der Waals surface area contributed by atoms with Gasteiger partial charge in [0, 0.05) is 19.2 Å². The van der Waals surface area contributed by atoms with Crippen LogP contribution in [0, 0.1) is 23.7 Å². The number of rotatable bonds is 4.